The molecule has 136 valence electrons. The summed E-state index contributed by atoms with van der Waals surface area (Å²) in [6, 6.07) is 12.8. The molecule has 2 aromatic rings. The van der Waals surface area contributed by atoms with Gasteiger partial charge in [0, 0.05) is 24.0 Å². The minimum atomic E-state index is -0.645. The van der Waals surface area contributed by atoms with Gasteiger partial charge in [0.25, 0.3) is 0 Å². The van der Waals surface area contributed by atoms with Gasteiger partial charge in [-0.2, -0.15) is 0 Å². The van der Waals surface area contributed by atoms with Crippen molar-refractivity contribution in [2.24, 2.45) is 11.5 Å². The molecule has 0 fully saturated rings. The zero-order valence-corrected chi connectivity index (χ0v) is 15.2. The molecule has 6 nitrogen and oxygen atoms in total. The molecule has 0 bridgehead atoms. The molecule has 1 heterocycles. The van der Waals surface area contributed by atoms with Crippen LogP contribution < -0.4 is 22.1 Å². The molecule has 2 amide bonds. The standard InChI is InChI=1S/C11H17N3O.C7H9NOS/c1-8(12)10(13)11(15)14-7-9-5-3-2-4-6-9;9-6-8-4-3-7-2-1-5-10-7/h2-6,8,10H,7,12-13H2,1H3,(H,14,15);1-2,5-6H,3-4H2,(H,8,9). The third-order valence-electron chi connectivity index (χ3n) is 3.36. The number of nitrogens with two attached hydrogens (primary N) is 2. The summed E-state index contributed by atoms with van der Waals surface area (Å²) in [5.74, 6) is -0.214. The first-order valence-electron chi connectivity index (χ1n) is 8.06. The number of thiophene rings is 1. The monoisotopic (exact) mass is 362 g/mol. The third-order valence-corrected chi connectivity index (χ3v) is 4.29. The summed E-state index contributed by atoms with van der Waals surface area (Å²) in [5, 5.41) is 7.39. The maximum absolute atomic E-state index is 11.4. The summed E-state index contributed by atoms with van der Waals surface area (Å²) in [4.78, 5) is 22.6. The Morgan fingerprint density at radius 1 is 1.20 bits per heavy atom. The molecular formula is C18H26N4O2S. The number of hydrogen-bond donors (Lipinski definition) is 4. The Bertz CT molecular complexity index is 603. The largest absolute Gasteiger partial charge is 0.358 e. The van der Waals surface area contributed by atoms with Crippen molar-refractivity contribution in [2.45, 2.75) is 32.0 Å². The average Bonchev–Trinajstić information content (AvgIpc) is 3.14. The molecule has 0 saturated carbocycles. The third kappa shape index (κ3) is 8.99. The molecule has 0 aliphatic carbocycles. The van der Waals surface area contributed by atoms with Gasteiger partial charge in [-0.25, -0.2) is 0 Å². The molecule has 0 spiro atoms. The number of hydrogen-bond acceptors (Lipinski definition) is 5. The Labute approximate surface area is 152 Å². The first kappa shape index (κ1) is 20.8. The van der Waals surface area contributed by atoms with Crippen LogP contribution >= 0.6 is 11.3 Å². The maximum Gasteiger partial charge on any atom is 0.238 e. The number of amides is 2. The van der Waals surface area contributed by atoms with Gasteiger partial charge in [-0.05, 0) is 30.4 Å². The maximum atomic E-state index is 11.4. The summed E-state index contributed by atoms with van der Waals surface area (Å²) in [7, 11) is 0. The zero-order valence-electron chi connectivity index (χ0n) is 14.4. The van der Waals surface area contributed by atoms with E-state index in [-0.39, 0.29) is 11.9 Å². The highest BCUT2D eigenvalue weighted by molar-refractivity contribution is 7.09. The second-order valence-corrected chi connectivity index (χ2v) is 6.52. The van der Waals surface area contributed by atoms with Gasteiger partial charge in [-0.3, -0.25) is 9.59 Å². The summed E-state index contributed by atoms with van der Waals surface area (Å²) in [5.41, 5.74) is 12.2. The van der Waals surface area contributed by atoms with Crippen LogP contribution in [0.1, 0.15) is 17.4 Å². The van der Waals surface area contributed by atoms with Gasteiger partial charge in [-0.1, -0.05) is 36.4 Å². The number of benzene rings is 1. The van der Waals surface area contributed by atoms with E-state index in [0.717, 1.165) is 24.9 Å². The second kappa shape index (κ2) is 12.2. The molecule has 1 aromatic heterocycles. The molecule has 25 heavy (non-hydrogen) atoms. The fraction of sp³-hybridized carbons (Fsp3) is 0.333. The van der Waals surface area contributed by atoms with Gasteiger partial charge >= 0.3 is 0 Å². The fourth-order valence-corrected chi connectivity index (χ4v) is 2.56. The highest BCUT2D eigenvalue weighted by atomic mass is 32.1. The Hall–Kier alpha value is -2.22. The molecule has 2 rings (SSSR count). The van der Waals surface area contributed by atoms with Crippen molar-refractivity contribution in [3.63, 3.8) is 0 Å². The van der Waals surface area contributed by atoms with Gasteiger partial charge in [0.2, 0.25) is 12.3 Å². The van der Waals surface area contributed by atoms with Gasteiger partial charge in [0.1, 0.15) is 0 Å². The van der Waals surface area contributed by atoms with Crippen LogP contribution in [0.3, 0.4) is 0 Å². The van der Waals surface area contributed by atoms with E-state index < -0.39 is 6.04 Å². The highest BCUT2D eigenvalue weighted by Crippen LogP contribution is 2.07. The van der Waals surface area contributed by atoms with Crippen molar-refractivity contribution < 1.29 is 9.59 Å². The Morgan fingerprint density at radius 2 is 1.92 bits per heavy atom. The predicted octanol–water partition coefficient (Wildman–Crippen LogP) is 1.01. The van der Waals surface area contributed by atoms with Crippen LogP contribution in [0.2, 0.25) is 0 Å². The minimum Gasteiger partial charge on any atom is -0.358 e. The van der Waals surface area contributed by atoms with E-state index in [1.165, 1.54) is 4.88 Å². The number of carbonyl (C=O) groups excluding carboxylic acids is 2. The summed E-state index contributed by atoms with van der Waals surface area (Å²) < 4.78 is 0. The molecule has 7 heteroatoms. The minimum absolute atomic E-state index is 0.214. The normalized spacial score (nSPS) is 12.3. The van der Waals surface area contributed by atoms with E-state index >= 15 is 0 Å². The molecule has 0 radical (unpaired) electrons. The van der Waals surface area contributed by atoms with Crippen molar-refractivity contribution in [1.29, 1.82) is 0 Å². The van der Waals surface area contributed by atoms with Crippen molar-refractivity contribution in [1.82, 2.24) is 10.6 Å². The van der Waals surface area contributed by atoms with Crippen molar-refractivity contribution in [3.8, 4) is 0 Å². The lowest BCUT2D eigenvalue weighted by atomic mass is 10.1. The van der Waals surface area contributed by atoms with Crippen LogP contribution in [-0.2, 0) is 22.6 Å². The van der Waals surface area contributed by atoms with Gasteiger partial charge in [0.05, 0.1) is 6.04 Å². The molecular weight excluding hydrogens is 336 g/mol. The first-order chi connectivity index (χ1) is 12.0. The second-order valence-electron chi connectivity index (χ2n) is 5.49. The summed E-state index contributed by atoms with van der Waals surface area (Å²) in [6.07, 6.45) is 1.67. The van der Waals surface area contributed by atoms with Crippen LogP contribution in [0.4, 0.5) is 0 Å². The lowest BCUT2D eigenvalue weighted by Crippen LogP contribution is -2.50. The van der Waals surface area contributed by atoms with E-state index in [1.54, 1.807) is 18.3 Å². The van der Waals surface area contributed by atoms with Crippen LogP contribution in [0.15, 0.2) is 47.8 Å². The summed E-state index contributed by atoms with van der Waals surface area (Å²) in [6.45, 7) is 2.94. The molecule has 0 saturated heterocycles. The SMILES string of the molecule is CC(N)C(N)C(=O)NCc1ccccc1.O=CNCCc1cccs1. The van der Waals surface area contributed by atoms with Crippen molar-refractivity contribution in [2.75, 3.05) is 6.54 Å². The highest BCUT2D eigenvalue weighted by Gasteiger charge is 2.16. The van der Waals surface area contributed by atoms with Crippen LogP contribution in [0, 0.1) is 0 Å². The van der Waals surface area contributed by atoms with Crippen molar-refractivity contribution >= 4 is 23.7 Å². The topological polar surface area (TPSA) is 110 Å². The number of nitrogens with one attached hydrogen (secondary N) is 2. The quantitative estimate of drug-likeness (QED) is 0.415. The Morgan fingerprint density at radius 3 is 2.48 bits per heavy atom. The lowest BCUT2D eigenvalue weighted by Gasteiger charge is -2.15. The molecule has 1 aromatic carbocycles. The number of rotatable bonds is 8. The average molecular weight is 362 g/mol. The van der Waals surface area contributed by atoms with Gasteiger partial charge in [-0.15, -0.1) is 11.3 Å². The van der Waals surface area contributed by atoms with Gasteiger partial charge in [0.15, 0.2) is 0 Å². The van der Waals surface area contributed by atoms with E-state index in [4.69, 9.17) is 11.5 Å². The Kier molecular flexibility index (Phi) is 10.2. The molecule has 0 aliphatic rings. The molecule has 6 N–H and O–H groups in total. The van der Waals surface area contributed by atoms with E-state index in [9.17, 15) is 9.59 Å². The Balaban J connectivity index is 0.000000271. The van der Waals surface area contributed by atoms with E-state index in [0.29, 0.717) is 6.54 Å². The number of carbonyl (C=O) groups is 2. The predicted molar refractivity (Wildman–Crippen MR) is 102 cm³/mol. The van der Waals surface area contributed by atoms with E-state index in [1.807, 2.05) is 41.8 Å². The molecule has 2 atom stereocenters. The van der Waals surface area contributed by atoms with Crippen LogP contribution in [0.5, 0.6) is 0 Å². The lowest BCUT2D eigenvalue weighted by molar-refractivity contribution is -0.122. The van der Waals surface area contributed by atoms with Crippen LogP contribution in [0.25, 0.3) is 0 Å². The molecule has 2 unspecified atom stereocenters. The smallest absolute Gasteiger partial charge is 0.238 e. The van der Waals surface area contributed by atoms with E-state index in [2.05, 4.69) is 16.7 Å². The summed E-state index contributed by atoms with van der Waals surface area (Å²) >= 11 is 1.72. The first-order valence-corrected chi connectivity index (χ1v) is 8.94. The fourth-order valence-electron chi connectivity index (χ4n) is 1.85. The van der Waals surface area contributed by atoms with Crippen molar-refractivity contribution in [3.05, 3.63) is 58.3 Å². The van der Waals surface area contributed by atoms with Crippen LogP contribution in [-0.4, -0.2) is 30.9 Å². The zero-order chi connectivity index (χ0) is 18.5. The molecule has 0 aliphatic heterocycles. The van der Waals surface area contributed by atoms with Gasteiger partial charge < -0.3 is 22.1 Å².